The van der Waals surface area contributed by atoms with Crippen molar-refractivity contribution in [3.63, 3.8) is 0 Å². The number of fused-ring (bicyclic) bond motifs is 1. The highest BCUT2D eigenvalue weighted by Gasteiger charge is 2.29. The third kappa shape index (κ3) is 8.05. The van der Waals surface area contributed by atoms with E-state index in [0.717, 1.165) is 53.8 Å². The molecule has 1 aliphatic rings. The molecule has 2 N–H and O–H groups in total. The van der Waals surface area contributed by atoms with Crippen LogP contribution in [0.5, 0.6) is 0 Å². The van der Waals surface area contributed by atoms with Crippen molar-refractivity contribution in [2.24, 2.45) is 0 Å². The zero-order valence-corrected chi connectivity index (χ0v) is 29.1. The summed E-state index contributed by atoms with van der Waals surface area (Å²) in [7, 11) is 0. The smallest absolute Gasteiger partial charge is 0.109 e. The molecule has 0 unspecified atom stereocenters. The fraction of sp³-hybridized carbons (Fsp3) is 0.351. The third-order valence-electron chi connectivity index (χ3n) is 8.73. The predicted octanol–water partition coefficient (Wildman–Crippen LogP) is 9.37. The lowest BCUT2D eigenvalue weighted by molar-refractivity contribution is 0.0866. The van der Waals surface area contributed by atoms with Crippen LogP contribution >= 0.6 is 23.2 Å². The first kappa shape index (κ1) is 34.2. The number of rotatable bonds is 10. The lowest BCUT2D eigenvalue weighted by Gasteiger charge is -2.40. The van der Waals surface area contributed by atoms with Crippen LogP contribution in [0.3, 0.4) is 0 Å². The number of hydrogen-bond acceptors (Lipinski definition) is 7. The summed E-state index contributed by atoms with van der Waals surface area (Å²) in [5.74, 6) is 0. The molecule has 244 valence electrons. The van der Waals surface area contributed by atoms with E-state index in [4.69, 9.17) is 23.2 Å². The number of benzene rings is 2. The average Bonchev–Trinajstić information content (AvgIpc) is 3.56. The van der Waals surface area contributed by atoms with Gasteiger partial charge in [-0.25, -0.2) is 4.68 Å². The van der Waals surface area contributed by atoms with E-state index in [1.807, 2.05) is 66.4 Å². The van der Waals surface area contributed by atoms with Gasteiger partial charge < -0.3 is 10.6 Å². The third-order valence-corrected chi connectivity index (χ3v) is 9.36. The SMILES string of the molecule is C=C(/C=C\C(Cl)=C/C)[C@H](Nc1cc(Cl)c2ncc(C#N)c(N[C@@H](C)c3ccccc3)c2c1)c1cn(C2CCN(C(C)(C)C)CC2)nn1. The van der Waals surface area contributed by atoms with E-state index >= 15 is 0 Å². The van der Waals surface area contributed by atoms with Crippen LogP contribution in [0.4, 0.5) is 11.4 Å². The first-order valence-corrected chi connectivity index (χ1v) is 16.7. The highest BCUT2D eigenvalue weighted by atomic mass is 35.5. The van der Waals surface area contributed by atoms with Crippen LogP contribution in [0.2, 0.25) is 5.02 Å². The standard InChI is InChI=1S/C37H42Cl2N8/c1-7-28(38)14-13-24(2)34(33-23-47(45-44-33)30-15-17-46(18-16-30)37(4,5)6)43-29-19-31-35(42-25(3)26-11-9-8-10-12-26)27(21-40)22-41-36(31)32(39)20-29/h7-14,19-20,22-23,25,30,34,43H,2,15-18H2,1,3-6H3,(H,41,42)/b14-13-,28-7+/t25-,34-/m0/s1. The second kappa shape index (κ2) is 14.7. The summed E-state index contributed by atoms with van der Waals surface area (Å²) in [6.45, 7) is 17.1. The van der Waals surface area contributed by atoms with Gasteiger partial charge in [0.25, 0.3) is 0 Å². The van der Waals surface area contributed by atoms with Crippen molar-refractivity contribution >= 4 is 45.5 Å². The van der Waals surface area contributed by atoms with Gasteiger partial charge in [0, 0.05) is 47.0 Å². The molecule has 5 rings (SSSR count). The Kier molecular flexibility index (Phi) is 10.7. The Morgan fingerprint density at radius 2 is 1.85 bits per heavy atom. The molecule has 2 aromatic heterocycles. The number of allylic oxidation sites excluding steroid dienone is 3. The molecule has 0 aliphatic carbocycles. The molecule has 0 saturated carbocycles. The average molecular weight is 670 g/mol. The number of nitrogens with one attached hydrogen (secondary N) is 2. The van der Waals surface area contributed by atoms with E-state index in [1.165, 1.54) is 0 Å². The van der Waals surface area contributed by atoms with Gasteiger partial charge in [0.05, 0.1) is 40.1 Å². The molecule has 10 heteroatoms. The van der Waals surface area contributed by atoms with Crippen molar-refractivity contribution in [1.82, 2.24) is 24.9 Å². The fourth-order valence-electron chi connectivity index (χ4n) is 5.93. The molecule has 3 heterocycles. The highest BCUT2D eigenvalue weighted by Crippen LogP contribution is 2.37. The highest BCUT2D eigenvalue weighted by molar-refractivity contribution is 6.36. The van der Waals surface area contributed by atoms with Crippen LogP contribution in [-0.2, 0) is 0 Å². The topological polar surface area (TPSA) is 94.7 Å². The zero-order chi connectivity index (χ0) is 33.7. The second-order valence-electron chi connectivity index (χ2n) is 13.0. The van der Waals surface area contributed by atoms with Gasteiger partial charge in [-0.1, -0.05) is 77.5 Å². The minimum absolute atomic E-state index is 0.0661. The maximum Gasteiger partial charge on any atom is 0.109 e. The van der Waals surface area contributed by atoms with Crippen molar-refractivity contribution in [3.8, 4) is 6.07 Å². The number of aromatic nitrogens is 4. The van der Waals surface area contributed by atoms with Crippen molar-refractivity contribution < 1.29 is 0 Å². The number of anilines is 2. The lowest BCUT2D eigenvalue weighted by Crippen LogP contribution is -2.46. The number of halogens is 2. The van der Waals surface area contributed by atoms with Crippen LogP contribution in [0.15, 0.2) is 90.3 Å². The molecule has 1 aliphatic heterocycles. The summed E-state index contributed by atoms with van der Waals surface area (Å²) in [6.07, 6.45) is 11.1. The van der Waals surface area contributed by atoms with Crippen molar-refractivity contribution in [1.29, 1.82) is 5.26 Å². The first-order chi connectivity index (χ1) is 22.5. The second-order valence-corrected chi connectivity index (χ2v) is 13.8. The van der Waals surface area contributed by atoms with Gasteiger partial charge in [-0.05, 0) is 76.8 Å². The quantitative estimate of drug-likeness (QED) is 0.163. The van der Waals surface area contributed by atoms with E-state index in [1.54, 1.807) is 6.20 Å². The van der Waals surface area contributed by atoms with E-state index in [-0.39, 0.29) is 17.6 Å². The normalized spacial score (nSPS) is 16.3. The Labute approximate surface area is 287 Å². The van der Waals surface area contributed by atoms with E-state index in [0.29, 0.717) is 26.8 Å². The molecule has 8 nitrogen and oxygen atoms in total. The summed E-state index contributed by atoms with van der Waals surface area (Å²) in [5, 5.41) is 28.2. The van der Waals surface area contributed by atoms with E-state index in [9.17, 15) is 5.26 Å². The van der Waals surface area contributed by atoms with Crippen molar-refractivity contribution in [3.05, 3.63) is 112 Å². The molecular formula is C37H42Cl2N8. The van der Waals surface area contributed by atoms with Gasteiger partial charge in [-0.2, -0.15) is 5.26 Å². The molecule has 4 aromatic rings. The zero-order valence-electron chi connectivity index (χ0n) is 27.6. The minimum atomic E-state index is -0.434. The number of hydrogen-bond donors (Lipinski definition) is 2. The summed E-state index contributed by atoms with van der Waals surface area (Å²) in [4.78, 5) is 7.06. The van der Waals surface area contributed by atoms with Crippen LogP contribution in [0.1, 0.15) is 82.4 Å². The van der Waals surface area contributed by atoms with Gasteiger partial charge in [-0.15, -0.1) is 5.10 Å². The predicted molar refractivity (Wildman–Crippen MR) is 194 cm³/mol. The Hall–Kier alpha value is -4.16. The number of nitrogens with zero attached hydrogens (tertiary/aromatic N) is 6. The molecule has 0 radical (unpaired) electrons. The molecule has 2 aromatic carbocycles. The maximum absolute atomic E-state index is 10.0. The molecule has 0 amide bonds. The summed E-state index contributed by atoms with van der Waals surface area (Å²) >= 11 is 13.2. The molecule has 47 heavy (non-hydrogen) atoms. The molecule has 1 fully saturated rings. The summed E-state index contributed by atoms with van der Waals surface area (Å²) in [6, 6.07) is 15.9. The Balaban J connectivity index is 1.49. The minimum Gasteiger partial charge on any atom is -0.377 e. The van der Waals surface area contributed by atoms with E-state index in [2.05, 4.69) is 83.3 Å². The maximum atomic E-state index is 10.0. The Morgan fingerprint density at radius 1 is 1.13 bits per heavy atom. The van der Waals surface area contributed by atoms with Gasteiger partial charge >= 0.3 is 0 Å². The van der Waals surface area contributed by atoms with Crippen molar-refractivity contribution in [2.75, 3.05) is 23.7 Å². The number of pyridine rings is 1. The fourth-order valence-corrected chi connectivity index (χ4v) is 6.26. The Morgan fingerprint density at radius 3 is 2.51 bits per heavy atom. The number of nitriles is 1. The molecule has 0 bridgehead atoms. The molecule has 2 atom stereocenters. The molecule has 1 saturated heterocycles. The van der Waals surface area contributed by atoms with Gasteiger partial charge in [0.15, 0.2) is 0 Å². The summed E-state index contributed by atoms with van der Waals surface area (Å²) < 4.78 is 1.99. The van der Waals surface area contributed by atoms with Crippen LogP contribution in [-0.4, -0.2) is 43.5 Å². The first-order valence-electron chi connectivity index (χ1n) is 15.9. The lowest BCUT2D eigenvalue weighted by atomic mass is 9.98. The van der Waals surface area contributed by atoms with E-state index < -0.39 is 6.04 Å². The van der Waals surface area contributed by atoms with Crippen LogP contribution in [0, 0.1) is 11.3 Å². The van der Waals surface area contributed by atoms with Crippen LogP contribution in [0.25, 0.3) is 10.9 Å². The largest absolute Gasteiger partial charge is 0.377 e. The van der Waals surface area contributed by atoms with Crippen molar-refractivity contribution in [2.45, 2.75) is 71.1 Å². The monoisotopic (exact) mass is 668 g/mol. The summed E-state index contributed by atoms with van der Waals surface area (Å²) in [5.41, 5.74) is 5.13. The van der Waals surface area contributed by atoms with Gasteiger partial charge in [0.1, 0.15) is 11.8 Å². The number of piperidine rings is 1. The van der Waals surface area contributed by atoms with Crippen LogP contribution < -0.4 is 10.6 Å². The van der Waals surface area contributed by atoms with Gasteiger partial charge in [0.2, 0.25) is 0 Å². The van der Waals surface area contributed by atoms with Gasteiger partial charge in [-0.3, -0.25) is 9.88 Å². The number of likely N-dealkylation sites (tertiary alicyclic amines) is 1. The Bertz CT molecular complexity index is 1820. The molecular weight excluding hydrogens is 627 g/mol. The molecule has 0 spiro atoms.